The number of nitrogens with zero attached hydrogens (tertiary/aromatic N) is 3. The predicted molar refractivity (Wildman–Crippen MR) is 99.1 cm³/mol. The molecule has 1 aromatic heterocycles. The zero-order valence-electron chi connectivity index (χ0n) is 15.9. The summed E-state index contributed by atoms with van der Waals surface area (Å²) in [5.41, 5.74) is -0.758. The quantitative estimate of drug-likeness (QED) is 0.843. The van der Waals surface area contributed by atoms with E-state index in [9.17, 15) is 14.7 Å². The van der Waals surface area contributed by atoms with Crippen LogP contribution in [0.25, 0.3) is 0 Å². The van der Waals surface area contributed by atoms with E-state index in [-0.39, 0.29) is 18.4 Å². The molecule has 3 saturated heterocycles. The molecule has 148 valence electrons. The van der Waals surface area contributed by atoms with Crippen molar-refractivity contribution in [2.75, 3.05) is 39.3 Å². The van der Waals surface area contributed by atoms with Gasteiger partial charge in [-0.1, -0.05) is 0 Å². The molecule has 0 aliphatic carbocycles. The average Bonchev–Trinajstić information content (AvgIpc) is 3.41. The molecule has 7 nitrogen and oxygen atoms in total. The standard InChI is InChI=1S/C20H29N3O4/c24-14-13-22-11-3-7-20(19(22)26)8-4-12-23(20)18(25)17-6-5-16(27-17)15-21-9-1-2-10-21/h5-6,24H,1-4,7-15H2. The zero-order chi connectivity index (χ0) is 18.9. The van der Waals surface area contributed by atoms with Crippen LogP contribution in [0.4, 0.5) is 0 Å². The van der Waals surface area contributed by atoms with Crippen LogP contribution in [0.5, 0.6) is 0 Å². The fourth-order valence-electron chi connectivity index (χ4n) is 4.93. The number of aliphatic hydroxyl groups excluding tert-OH is 1. The highest BCUT2D eigenvalue weighted by atomic mass is 16.4. The summed E-state index contributed by atoms with van der Waals surface area (Å²) < 4.78 is 5.87. The normalized spacial score (nSPS) is 26.5. The van der Waals surface area contributed by atoms with Crippen molar-refractivity contribution in [1.82, 2.24) is 14.7 Å². The minimum atomic E-state index is -0.758. The third-order valence-corrected chi connectivity index (χ3v) is 6.26. The van der Waals surface area contributed by atoms with Crippen LogP contribution in [0.2, 0.25) is 0 Å². The molecule has 3 fully saturated rings. The molecule has 0 saturated carbocycles. The fourth-order valence-corrected chi connectivity index (χ4v) is 4.93. The number of hydrogen-bond acceptors (Lipinski definition) is 5. The Bertz CT molecular complexity index is 695. The van der Waals surface area contributed by atoms with E-state index in [0.29, 0.717) is 38.2 Å². The summed E-state index contributed by atoms with van der Waals surface area (Å²) in [6.45, 7) is 4.42. The number of likely N-dealkylation sites (tertiary alicyclic amines) is 3. The van der Waals surface area contributed by atoms with Crippen LogP contribution in [-0.2, 0) is 11.3 Å². The Labute approximate surface area is 159 Å². The Morgan fingerprint density at radius 1 is 1.07 bits per heavy atom. The Balaban J connectivity index is 1.50. The molecular weight excluding hydrogens is 346 g/mol. The summed E-state index contributed by atoms with van der Waals surface area (Å²) in [5.74, 6) is 0.944. The molecule has 27 heavy (non-hydrogen) atoms. The van der Waals surface area contributed by atoms with Gasteiger partial charge in [-0.3, -0.25) is 14.5 Å². The molecule has 3 aliphatic heterocycles. The summed E-state index contributed by atoms with van der Waals surface area (Å²) in [6, 6.07) is 3.63. The second-order valence-corrected chi connectivity index (χ2v) is 7.96. The highest BCUT2D eigenvalue weighted by Gasteiger charge is 2.53. The summed E-state index contributed by atoms with van der Waals surface area (Å²) in [4.78, 5) is 32.1. The van der Waals surface area contributed by atoms with Crippen LogP contribution in [-0.4, -0.2) is 76.5 Å². The minimum Gasteiger partial charge on any atom is -0.455 e. The summed E-state index contributed by atoms with van der Waals surface area (Å²) in [5, 5.41) is 9.25. The van der Waals surface area contributed by atoms with E-state index in [1.165, 1.54) is 12.8 Å². The van der Waals surface area contributed by atoms with Crippen LogP contribution in [0, 0.1) is 0 Å². The molecule has 2 amide bonds. The highest BCUT2D eigenvalue weighted by molar-refractivity contribution is 5.98. The van der Waals surface area contributed by atoms with Crippen molar-refractivity contribution in [2.45, 2.75) is 50.6 Å². The first kappa shape index (κ1) is 18.5. The molecule has 4 rings (SSSR count). The summed E-state index contributed by atoms with van der Waals surface area (Å²) in [6.07, 6.45) is 5.51. The molecule has 1 aromatic rings. The van der Waals surface area contributed by atoms with Gasteiger partial charge in [-0.05, 0) is 63.7 Å². The number of amides is 2. The van der Waals surface area contributed by atoms with Gasteiger partial charge in [-0.15, -0.1) is 0 Å². The molecule has 0 radical (unpaired) electrons. The van der Waals surface area contributed by atoms with E-state index < -0.39 is 5.54 Å². The van der Waals surface area contributed by atoms with Crippen LogP contribution in [0.15, 0.2) is 16.5 Å². The maximum absolute atomic E-state index is 13.2. The van der Waals surface area contributed by atoms with Crippen LogP contribution >= 0.6 is 0 Å². The monoisotopic (exact) mass is 375 g/mol. The third kappa shape index (κ3) is 3.38. The maximum Gasteiger partial charge on any atom is 0.290 e. The maximum atomic E-state index is 13.2. The molecule has 0 bridgehead atoms. The fraction of sp³-hybridized carbons (Fsp3) is 0.700. The number of piperidine rings is 1. The first-order valence-electron chi connectivity index (χ1n) is 10.2. The predicted octanol–water partition coefficient (Wildman–Crippen LogP) is 1.46. The van der Waals surface area contributed by atoms with Crippen molar-refractivity contribution < 1.29 is 19.1 Å². The molecule has 1 spiro atoms. The van der Waals surface area contributed by atoms with Gasteiger partial charge < -0.3 is 19.3 Å². The summed E-state index contributed by atoms with van der Waals surface area (Å²) in [7, 11) is 0. The Morgan fingerprint density at radius 2 is 1.81 bits per heavy atom. The molecule has 1 unspecified atom stereocenters. The van der Waals surface area contributed by atoms with E-state index >= 15 is 0 Å². The Morgan fingerprint density at radius 3 is 2.56 bits per heavy atom. The number of aliphatic hydroxyl groups is 1. The molecule has 7 heteroatoms. The molecule has 0 aromatic carbocycles. The highest BCUT2D eigenvalue weighted by Crippen LogP contribution is 2.39. The van der Waals surface area contributed by atoms with Crippen molar-refractivity contribution >= 4 is 11.8 Å². The number of rotatable bonds is 5. The van der Waals surface area contributed by atoms with Crippen LogP contribution in [0.1, 0.15) is 54.8 Å². The third-order valence-electron chi connectivity index (χ3n) is 6.26. The van der Waals surface area contributed by atoms with Gasteiger partial charge in [0.15, 0.2) is 5.76 Å². The van der Waals surface area contributed by atoms with E-state index in [4.69, 9.17) is 4.42 Å². The van der Waals surface area contributed by atoms with E-state index in [1.54, 1.807) is 15.9 Å². The molecular formula is C20H29N3O4. The van der Waals surface area contributed by atoms with Crippen molar-refractivity contribution in [3.05, 3.63) is 23.7 Å². The number of carbonyl (C=O) groups is 2. The topological polar surface area (TPSA) is 77.2 Å². The average molecular weight is 375 g/mol. The lowest BCUT2D eigenvalue weighted by molar-refractivity contribution is -0.146. The molecule has 4 heterocycles. The van der Waals surface area contributed by atoms with Gasteiger partial charge in [-0.2, -0.15) is 0 Å². The number of furan rings is 1. The van der Waals surface area contributed by atoms with Gasteiger partial charge in [0.2, 0.25) is 5.91 Å². The Hall–Kier alpha value is -1.86. The van der Waals surface area contributed by atoms with Crippen molar-refractivity contribution in [2.24, 2.45) is 0 Å². The van der Waals surface area contributed by atoms with Crippen LogP contribution in [0.3, 0.4) is 0 Å². The molecule has 3 aliphatic rings. The van der Waals surface area contributed by atoms with Gasteiger partial charge in [-0.25, -0.2) is 0 Å². The molecule has 1 atom stereocenters. The largest absolute Gasteiger partial charge is 0.455 e. The lowest BCUT2D eigenvalue weighted by atomic mass is 9.85. The van der Waals surface area contributed by atoms with Gasteiger partial charge in [0, 0.05) is 19.6 Å². The Kier molecular flexibility index (Phi) is 5.23. The smallest absolute Gasteiger partial charge is 0.290 e. The summed E-state index contributed by atoms with van der Waals surface area (Å²) >= 11 is 0. The number of carbonyl (C=O) groups excluding carboxylic acids is 2. The SMILES string of the molecule is O=C(c1ccc(CN2CCCC2)o1)N1CCCC12CCCN(CCO)C2=O. The van der Waals surface area contributed by atoms with Crippen LogP contribution < -0.4 is 0 Å². The zero-order valence-corrected chi connectivity index (χ0v) is 15.9. The van der Waals surface area contributed by atoms with E-state index in [0.717, 1.165) is 38.2 Å². The van der Waals surface area contributed by atoms with E-state index in [2.05, 4.69) is 4.90 Å². The number of hydrogen-bond donors (Lipinski definition) is 1. The first-order valence-corrected chi connectivity index (χ1v) is 10.2. The second kappa shape index (κ2) is 7.64. The first-order chi connectivity index (χ1) is 13.1. The van der Waals surface area contributed by atoms with Gasteiger partial charge in [0.25, 0.3) is 5.91 Å². The van der Waals surface area contributed by atoms with Crippen molar-refractivity contribution in [1.29, 1.82) is 0 Å². The second-order valence-electron chi connectivity index (χ2n) is 7.96. The van der Waals surface area contributed by atoms with Gasteiger partial charge >= 0.3 is 0 Å². The van der Waals surface area contributed by atoms with Gasteiger partial charge in [0.1, 0.15) is 11.3 Å². The minimum absolute atomic E-state index is 0.0162. The molecule has 1 N–H and O–H groups in total. The lowest BCUT2D eigenvalue weighted by Crippen LogP contribution is -2.61. The van der Waals surface area contributed by atoms with E-state index in [1.807, 2.05) is 6.07 Å². The van der Waals surface area contributed by atoms with Crippen molar-refractivity contribution in [3.8, 4) is 0 Å². The van der Waals surface area contributed by atoms with Crippen molar-refractivity contribution in [3.63, 3.8) is 0 Å². The lowest BCUT2D eigenvalue weighted by Gasteiger charge is -2.44. The number of β-amino-alcohol motifs (C(OH)–C–C–N with tert-alkyl or cyclic N) is 1. The van der Waals surface area contributed by atoms with Gasteiger partial charge in [0.05, 0.1) is 13.2 Å².